The lowest BCUT2D eigenvalue weighted by molar-refractivity contribution is -0.137. The SMILES string of the molecule is O=C(O)CN(C(=O)c1cc(Cl)cn1C1CC1)C1CC1. The van der Waals surface area contributed by atoms with Crippen LogP contribution >= 0.6 is 11.6 Å². The summed E-state index contributed by atoms with van der Waals surface area (Å²) in [7, 11) is 0. The summed E-state index contributed by atoms with van der Waals surface area (Å²) in [4.78, 5) is 24.8. The van der Waals surface area contributed by atoms with E-state index >= 15 is 0 Å². The molecule has 1 aromatic heterocycles. The third kappa shape index (κ3) is 2.61. The van der Waals surface area contributed by atoms with E-state index in [4.69, 9.17) is 16.7 Å². The first-order chi connectivity index (χ1) is 9.06. The molecule has 0 aliphatic heterocycles. The Balaban J connectivity index is 1.86. The van der Waals surface area contributed by atoms with Crippen molar-refractivity contribution < 1.29 is 14.7 Å². The summed E-state index contributed by atoms with van der Waals surface area (Å²) >= 11 is 5.98. The smallest absolute Gasteiger partial charge is 0.323 e. The van der Waals surface area contributed by atoms with Gasteiger partial charge in [0.05, 0.1) is 5.02 Å². The molecule has 1 amide bonds. The van der Waals surface area contributed by atoms with E-state index in [2.05, 4.69) is 0 Å². The standard InChI is InChI=1S/C13H15ClN2O3/c14-8-5-11(15(6-8)9-1-2-9)13(19)16(7-12(17)18)10-3-4-10/h5-6,9-10H,1-4,7H2,(H,17,18). The summed E-state index contributed by atoms with van der Waals surface area (Å²) in [6.07, 6.45) is 5.63. The van der Waals surface area contributed by atoms with Gasteiger partial charge in [-0.25, -0.2) is 0 Å². The van der Waals surface area contributed by atoms with Gasteiger partial charge in [0.25, 0.3) is 5.91 Å². The Bertz CT molecular complexity index is 532. The zero-order valence-corrected chi connectivity index (χ0v) is 11.1. The first-order valence-electron chi connectivity index (χ1n) is 6.46. The van der Waals surface area contributed by atoms with Crippen LogP contribution in [0.15, 0.2) is 12.3 Å². The topological polar surface area (TPSA) is 62.5 Å². The van der Waals surface area contributed by atoms with Gasteiger partial charge in [-0.15, -0.1) is 0 Å². The van der Waals surface area contributed by atoms with Crippen LogP contribution in [0.2, 0.25) is 5.02 Å². The van der Waals surface area contributed by atoms with Crippen molar-refractivity contribution in [3.05, 3.63) is 23.0 Å². The average molecular weight is 283 g/mol. The van der Waals surface area contributed by atoms with Crippen LogP contribution in [0.3, 0.4) is 0 Å². The van der Waals surface area contributed by atoms with E-state index in [0.29, 0.717) is 16.8 Å². The lowest BCUT2D eigenvalue weighted by Crippen LogP contribution is -2.38. The van der Waals surface area contributed by atoms with Gasteiger partial charge in [-0.1, -0.05) is 11.6 Å². The molecule has 5 nitrogen and oxygen atoms in total. The number of hydrogen-bond acceptors (Lipinski definition) is 2. The minimum absolute atomic E-state index is 0.0740. The Hall–Kier alpha value is -1.49. The molecule has 0 radical (unpaired) electrons. The quantitative estimate of drug-likeness (QED) is 0.900. The van der Waals surface area contributed by atoms with Crippen LogP contribution < -0.4 is 0 Å². The minimum atomic E-state index is -0.976. The van der Waals surface area contributed by atoms with E-state index in [1.54, 1.807) is 12.3 Å². The third-order valence-corrected chi connectivity index (χ3v) is 3.74. The average Bonchev–Trinajstić information content (AvgIpc) is 3.23. The van der Waals surface area contributed by atoms with E-state index in [0.717, 1.165) is 25.7 Å². The number of aromatic nitrogens is 1. The van der Waals surface area contributed by atoms with Crippen LogP contribution in [-0.4, -0.2) is 39.0 Å². The van der Waals surface area contributed by atoms with Crippen LogP contribution in [-0.2, 0) is 4.79 Å². The highest BCUT2D eigenvalue weighted by molar-refractivity contribution is 6.31. The Morgan fingerprint density at radius 2 is 2.05 bits per heavy atom. The van der Waals surface area contributed by atoms with E-state index in [1.807, 2.05) is 4.57 Å². The summed E-state index contributed by atoms with van der Waals surface area (Å²) in [5, 5.41) is 9.45. The summed E-state index contributed by atoms with van der Waals surface area (Å²) in [5.74, 6) is -1.19. The molecule has 2 fully saturated rings. The third-order valence-electron chi connectivity index (χ3n) is 3.53. The number of carbonyl (C=O) groups excluding carboxylic acids is 1. The highest BCUT2D eigenvalue weighted by atomic mass is 35.5. The van der Waals surface area contributed by atoms with Crippen molar-refractivity contribution in [3.63, 3.8) is 0 Å². The molecular formula is C13H15ClN2O3. The number of carboxylic acid groups (broad SMARTS) is 1. The summed E-state index contributed by atoms with van der Waals surface area (Å²) in [6, 6.07) is 2.06. The number of aliphatic carboxylic acids is 1. The largest absolute Gasteiger partial charge is 0.480 e. The molecule has 0 bridgehead atoms. The number of amides is 1. The normalized spacial score (nSPS) is 18.4. The second kappa shape index (κ2) is 4.56. The van der Waals surface area contributed by atoms with Gasteiger partial charge in [-0.2, -0.15) is 0 Å². The van der Waals surface area contributed by atoms with Gasteiger partial charge < -0.3 is 14.6 Å². The lowest BCUT2D eigenvalue weighted by Gasteiger charge is -2.21. The van der Waals surface area contributed by atoms with Gasteiger partial charge in [0.15, 0.2) is 0 Å². The monoisotopic (exact) mass is 282 g/mol. The first-order valence-corrected chi connectivity index (χ1v) is 6.84. The molecular weight excluding hydrogens is 268 g/mol. The van der Waals surface area contributed by atoms with Crippen LogP contribution in [0, 0.1) is 0 Å². The van der Waals surface area contributed by atoms with Crippen molar-refractivity contribution >= 4 is 23.5 Å². The molecule has 1 aromatic rings. The summed E-state index contributed by atoms with van der Waals surface area (Å²) < 4.78 is 1.89. The fourth-order valence-corrected chi connectivity index (χ4v) is 2.53. The van der Waals surface area contributed by atoms with Crippen molar-refractivity contribution in [1.82, 2.24) is 9.47 Å². The first kappa shape index (κ1) is 12.5. The van der Waals surface area contributed by atoms with Crippen molar-refractivity contribution in [2.45, 2.75) is 37.8 Å². The molecule has 0 saturated heterocycles. The highest BCUT2D eigenvalue weighted by Crippen LogP contribution is 2.38. The van der Waals surface area contributed by atoms with Gasteiger partial charge in [0.1, 0.15) is 12.2 Å². The molecule has 2 saturated carbocycles. The van der Waals surface area contributed by atoms with Crippen molar-refractivity contribution in [1.29, 1.82) is 0 Å². The number of nitrogens with zero attached hydrogens (tertiary/aromatic N) is 2. The van der Waals surface area contributed by atoms with E-state index in [-0.39, 0.29) is 18.5 Å². The molecule has 102 valence electrons. The highest BCUT2D eigenvalue weighted by Gasteiger charge is 2.37. The van der Waals surface area contributed by atoms with Crippen LogP contribution in [0.4, 0.5) is 0 Å². The minimum Gasteiger partial charge on any atom is -0.480 e. The second-order valence-corrected chi connectivity index (χ2v) is 5.68. The zero-order valence-electron chi connectivity index (χ0n) is 10.4. The van der Waals surface area contributed by atoms with Crippen LogP contribution in [0.25, 0.3) is 0 Å². The molecule has 0 unspecified atom stereocenters. The lowest BCUT2D eigenvalue weighted by atomic mass is 10.3. The predicted molar refractivity (Wildman–Crippen MR) is 69.4 cm³/mol. The number of hydrogen-bond donors (Lipinski definition) is 1. The maximum absolute atomic E-state index is 12.5. The zero-order chi connectivity index (χ0) is 13.6. The molecule has 3 rings (SSSR count). The van der Waals surface area contributed by atoms with Gasteiger partial charge in [-0.05, 0) is 31.7 Å². The van der Waals surface area contributed by atoms with Crippen molar-refractivity contribution in [2.24, 2.45) is 0 Å². The van der Waals surface area contributed by atoms with Gasteiger partial charge >= 0.3 is 5.97 Å². The van der Waals surface area contributed by atoms with Gasteiger partial charge in [0.2, 0.25) is 0 Å². The maximum Gasteiger partial charge on any atom is 0.323 e. The molecule has 0 spiro atoms. The molecule has 0 aromatic carbocycles. The fraction of sp³-hybridized carbons (Fsp3) is 0.538. The van der Waals surface area contributed by atoms with E-state index in [9.17, 15) is 9.59 Å². The molecule has 1 heterocycles. The summed E-state index contributed by atoms with van der Waals surface area (Å²) in [6.45, 7) is -0.239. The Labute approximate surface area is 115 Å². The number of carboxylic acids is 1. The molecule has 2 aliphatic carbocycles. The molecule has 2 aliphatic rings. The Kier molecular flexibility index (Phi) is 3.01. The van der Waals surface area contributed by atoms with E-state index in [1.165, 1.54) is 4.90 Å². The summed E-state index contributed by atoms with van der Waals surface area (Å²) in [5.41, 5.74) is 0.514. The van der Waals surface area contributed by atoms with Crippen LogP contribution in [0.1, 0.15) is 42.2 Å². The van der Waals surface area contributed by atoms with Crippen molar-refractivity contribution in [3.8, 4) is 0 Å². The maximum atomic E-state index is 12.5. The van der Waals surface area contributed by atoms with Gasteiger partial charge in [-0.3, -0.25) is 9.59 Å². The molecule has 19 heavy (non-hydrogen) atoms. The fourth-order valence-electron chi connectivity index (χ4n) is 2.32. The number of carbonyl (C=O) groups is 2. The van der Waals surface area contributed by atoms with E-state index < -0.39 is 5.97 Å². The molecule has 1 N–H and O–H groups in total. The van der Waals surface area contributed by atoms with Gasteiger partial charge in [0, 0.05) is 18.3 Å². The number of rotatable bonds is 5. The molecule has 0 atom stereocenters. The Morgan fingerprint density at radius 3 is 2.58 bits per heavy atom. The Morgan fingerprint density at radius 1 is 1.37 bits per heavy atom. The number of halogens is 1. The predicted octanol–water partition coefficient (Wildman–Crippen LogP) is 2.17. The van der Waals surface area contributed by atoms with Crippen molar-refractivity contribution in [2.75, 3.05) is 6.54 Å². The second-order valence-electron chi connectivity index (χ2n) is 5.24. The van der Waals surface area contributed by atoms with Crippen LogP contribution in [0.5, 0.6) is 0 Å². The molecule has 6 heteroatoms.